The van der Waals surface area contributed by atoms with Crippen molar-refractivity contribution in [3.63, 3.8) is 0 Å². The molecule has 0 spiro atoms. The third-order valence-corrected chi connectivity index (χ3v) is 6.44. The lowest BCUT2D eigenvalue weighted by atomic mass is 9.98. The van der Waals surface area contributed by atoms with Crippen molar-refractivity contribution < 1.29 is 31.1 Å². The highest BCUT2D eigenvalue weighted by molar-refractivity contribution is 7.89. The smallest absolute Gasteiger partial charge is 0.416 e. The quantitative estimate of drug-likeness (QED) is 0.566. The molecule has 9 heteroatoms. The van der Waals surface area contributed by atoms with E-state index in [4.69, 9.17) is 4.74 Å². The number of esters is 1. The van der Waals surface area contributed by atoms with Gasteiger partial charge in [-0.2, -0.15) is 17.5 Å². The average Bonchev–Trinajstić information content (AvgIpc) is 2.68. The van der Waals surface area contributed by atoms with Crippen LogP contribution >= 0.6 is 0 Å². The Kier molecular flexibility index (Phi) is 5.76. The molecule has 1 saturated heterocycles. The average molecular weight is 413 g/mol. The second-order valence-corrected chi connectivity index (χ2v) is 8.38. The summed E-state index contributed by atoms with van der Waals surface area (Å²) in [6.45, 7) is 0.0697. The van der Waals surface area contributed by atoms with E-state index in [-0.39, 0.29) is 25.9 Å². The van der Waals surface area contributed by atoms with Gasteiger partial charge in [0.15, 0.2) is 0 Å². The van der Waals surface area contributed by atoms with E-state index in [1.165, 1.54) is 0 Å². The van der Waals surface area contributed by atoms with Gasteiger partial charge >= 0.3 is 12.1 Å². The molecular formula is C19H18F3NO4S. The highest BCUT2D eigenvalue weighted by Crippen LogP contribution is 2.32. The second kappa shape index (κ2) is 7.92. The minimum Gasteiger partial charge on any atom is -0.426 e. The molecule has 0 bridgehead atoms. The molecule has 1 aliphatic rings. The van der Waals surface area contributed by atoms with Crippen LogP contribution in [0.1, 0.15) is 18.4 Å². The first-order valence-electron chi connectivity index (χ1n) is 8.62. The number of sulfonamides is 1. The first-order chi connectivity index (χ1) is 13.2. The van der Waals surface area contributed by atoms with Crippen LogP contribution in [0.3, 0.4) is 0 Å². The van der Waals surface area contributed by atoms with Gasteiger partial charge in [0.1, 0.15) is 5.75 Å². The molecule has 0 atom stereocenters. The van der Waals surface area contributed by atoms with E-state index < -0.39 is 38.5 Å². The van der Waals surface area contributed by atoms with Crippen molar-refractivity contribution in [3.05, 3.63) is 60.2 Å². The normalized spacial score (nSPS) is 16.7. The number of halogens is 3. The number of carbonyl (C=O) groups is 1. The minimum absolute atomic E-state index is 0.0349. The number of carbonyl (C=O) groups excluding carboxylic acids is 1. The van der Waals surface area contributed by atoms with Crippen LogP contribution in [0.5, 0.6) is 5.75 Å². The molecule has 28 heavy (non-hydrogen) atoms. The zero-order chi connectivity index (χ0) is 20.4. The van der Waals surface area contributed by atoms with Gasteiger partial charge in [0.25, 0.3) is 0 Å². The molecule has 1 fully saturated rings. The van der Waals surface area contributed by atoms with Gasteiger partial charge in [-0.3, -0.25) is 4.79 Å². The van der Waals surface area contributed by atoms with Crippen LogP contribution in [0.2, 0.25) is 0 Å². The summed E-state index contributed by atoms with van der Waals surface area (Å²) >= 11 is 0. The van der Waals surface area contributed by atoms with E-state index in [2.05, 4.69) is 0 Å². The van der Waals surface area contributed by atoms with Crippen LogP contribution < -0.4 is 4.74 Å². The van der Waals surface area contributed by atoms with Gasteiger partial charge in [-0.05, 0) is 43.2 Å². The molecular weight excluding hydrogens is 395 g/mol. The molecule has 3 rings (SSSR count). The number of nitrogens with zero attached hydrogens (tertiary/aromatic N) is 1. The monoisotopic (exact) mass is 413 g/mol. The molecule has 0 unspecified atom stereocenters. The zero-order valence-corrected chi connectivity index (χ0v) is 15.5. The fourth-order valence-corrected chi connectivity index (χ4v) is 4.52. The van der Waals surface area contributed by atoms with Gasteiger partial charge in [-0.1, -0.05) is 24.3 Å². The lowest BCUT2D eigenvalue weighted by molar-refractivity contribution is -0.140. The van der Waals surface area contributed by atoms with Crippen molar-refractivity contribution in [3.8, 4) is 5.75 Å². The Hall–Kier alpha value is -2.39. The Morgan fingerprint density at radius 2 is 1.64 bits per heavy atom. The molecule has 0 saturated carbocycles. The van der Waals surface area contributed by atoms with Crippen LogP contribution in [-0.4, -0.2) is 31.8 Å². The topological polar surface area (TPSA) is 63.7 Å². The molecule has 0 aromatic heterocycles. The summed E-state index contributed by atoms with van der Waals surface area (Å²) in [7, 11) is -4.07. The van der Waals surface area contributed by atoms with E-state index in [0.29, 0.717) is 11.8 Å². The largest absolute Gasteiger partial charge is 0.426 e. The lowest BCUT2D eigenvalue weighted by Crippen LogP contribution is -2.41. The number of hydrogen-bond donors (Lipinski definition) is 0. The maximum Gasteiger partial charge on any atom is 0.416 e. The SMILES string of the molecule is O=C(Oc1ccccc1)C1CCN(S(=O)(=O)c2cccc(C(F)(F)F)c2)CC1. The van der Waals surface area contributed by atoms with E-state index in [1.807, 2.05) is 0 Å². The van der Waals surface area contributed by atoms with Crippen LogP contribution in [-0.2, 0) is 21.0 Å². The third kappa shape index (κ3) is 4.53. The number of benzene rings is 2. The Labute approximate surface area is 160 Å². The molecule has 0 N–H and O–H groups in total. The summed E-state index contributed by atoms with van der Waals surface area (Å²) in [5, 5.41) is 0. The second-order valence-electron chi connectivity index (χ2n) is 6.44. The van der Waals surface area contributed by atoms with Gasteiger partial charge in [0.2, 0.25) is 10.0 Å². The highest BCUT2D eigenvalue weighted by Gasteiger charge is 2.35. The molecule has 1 heterocycles. The van der Waals surface area contributed by atoms with E-state index in [1.54, 1.807) is 30.3 Å². The van der Waals surface area contributed by atoms with Crippen molar-refractivity contribution in [2.75, 3.05) is 13.1 Å². The number of piperidine rings is 1. The Morgan fingerprint density at radius 1 is 1.00 bits per heavy atom. The molecule has 1 aliphatic heterocycles. The molecule has 2 aromatic rings. The number of hydrogen-bond acceptors (Lipinski definition) is 4. The number of para-hydroxylation sites is 1. The predicted molar refractivity (Wildman–Crippen MR) is 95.0 cm³/mol. The van der Waals surface area contributed by atoms with Gasteiger partial charge in [-0.25, -0.2) is 8.42 Å². The summed E-state index contributed by atoms with van der Waals surface area (Å²) in [6.07, 6.45) is -4.15. The van der Waals surface area contributed by atoms with Crippen molar-refractivity contribution in [2.45, 2.75) is 23.9 Å². The van der Waals surface area contributed by atoms with E-state index >= 15 is 0 Å². The third-order valence-electron chi connectivity index (χ3n) is 4.55. The summed E-state index contributed by atoms with van der Waals surface area (Å²) in [5.41, 5.74) is -1.02. The zero-order valence-electron chi connectivity index (χ0n) is 14.7. The summed E-state index contributed by atoms with van der Waals surface area (Å²) < 4.78 is 70.3. The lowest BCUT2D eigenvalue weighted by Gasteiger charge is -2.30. The van der Waals surface area contributed by atoms with Gasteiger partial charge in [0, 0.05) is 13.1 Å². The highest BCUT2D eigenvalue weighted by atomic mass is 32.2. The molecule has 5 nitrogen and oxygen atoms in total. The molecule has 0 amide bonds. The number of alkyl halides is 3. The first-order valence-corrected chi connectivity index (χ1v) is 10.1. The van der Waals surface area contributed by atoms with Gasteiger partial charge < -0.3 is 4.74 Å². The van der Waals surface area contributed by atoms with Crippen LogP contribution in [0.25, 0.3) is 0 Å². The van der Waals surface area contributed by atoms with Crippen LogP contribution in [0.15, 0.2) is 59.5 Å². The fourth-order valence-electron chi connectivity index (χ4n) is 3.00. The summed E-state index contributed by atoms with van der Waals surface area (Å²) in [4.78, 5) is 11.8. The minimum atomic E-state index is -4.63. The van der Waals surface area contributed by atoms with Crippen molar-refractivity contribution in [2.24, 2.45) is 5.92 Å². The van der Waals surface area contributed by atoms with Crippen LogP contribution in [0, 0.1) is 5.92 Å². The Morgan fingerprint density at radius 3 is 2.25 bits per heavy atom. The van der Waals surface area contributed by atoms with E-state index in [0.717, 1.165) is 22.5 Å². The van der Waals surface area contributed by atoms with Gasteiger partial charge in [-0.15, -0.1) is 0 Å². The van der Waals surface area contributed by atoms with E-state index in [9.17, 15) is 26.4 Å². The van der Waals surface area contributed by atoms with Crippen LogP contribution in [0.4, 0.5) is 13.2 Å². The maximum atomic E-state index is 12.9. The Balaban J connectivity index is 1.66. The fraction of sp³-hybridized carbons (Fsp3) is 0.316. The number of rotatable bonds is 4. The summed E-state index contributed by atoms with van der Waals surface area (Å²) in [5.74, 6) is -0.498. The molecule has 0 radical (unpaired) electrons. The summed E-state index contributed by atoms with van der Waals surface area (Å²) in [6, 6.07) is 12.2. The molecule has 150 valence electrons. The standard InChI is InChI=1S/C19H18F3NO4S/c20-19(21,22)15-5-4-8-17(13-15)28(25,26)23-11-9-14(10-12-23)18(24)27-16-6-2-1-3-7-16/h1-8,13-14H,9-12H2. The van der Waals surface area contributed by atoms with Crippen molar-refractivity contribution in [1.29, 1.82) is 0 Å². The molecule has 2 aromatic carbocycles. The first kappa shape index (κ1) is 20.3. The molecule has 0 aliphatic carbocycles. The maximum absolute atomic E-state index is 12.9. The van der Waals surface area contributed by atoms with Crippen molar-refractivity contribution in [1.82, 2.24) is 4.31 Å². The Bertz CT molecular complexity index is 937. The van der Waals surface area contributed by atoms with Gasteiger partial charge in [0.05, 0.1) is 16.4 Å². The van der Waals surface area contributed by atoms with Crippen molar-refractivity contribution >= 4 is 16.0 Å². The number of ether oxygens (including phenoxy) is 1. The predicted octanol–water partition coefficient (Wildman–Crippen LogP) is 3.71.